The molecule has 9 nitrogen and oxygen atoms in total. The number of rotatable bonds is 8. The van der Waals surface area contributed by atoms with E-state index in [1.807, 2.05) is 0 Å². The number of nitrogens with one attached hydrogen (secondary N) is 1. The van der Waals surface area contributed by atoms with Crippen LogP contribution in [0.1, 0.15) is 5.56 Å². The molecule has 0 bridgehead atoms. The molecule has 0 aliphatic carbocycles. The summed E-state index contributed by atoms with van der Waals surface area (Å²) in [4.78, 5) is 20.9. The minimum atomic E-state index is -0.301. The lowest BCUT2D eigenvalue weighted by molar-refractivity contribution is -0.113. The van der Waals surface area contributed by atoms with Crippen molar-refractivity contribution < 1.29 is 18.7 Å². The zero-order valence-corrected chi connectivity index (χ0v) is 18.1. The van der Waals surface area contributed by atoms with Crippen LogP contribution in [0.4, 0.5) is 10.1 Å². The largest absolute Gasteiger partial charge is 0.493 e. The van der Waals surface area contributed by atoms with Crippen LogP contribution in [0.3, 0.4) is 0 Å². The monoisotopic (exact) mass is 454 g/mol. The summed E-state index contributed by atoms with van der Waals surface area (Å²) in [6.07, 6.45) is 1.40. The van der Waals surface area contributed by atoms with E-state index in [9.17, 15) is 9.18 Å². The highest BCUT2D eigenvalue weighted by atomic mass is 32.2. The normalized spacial score (nSPS) is 10.8. The highest BCUT2D eigenvalue weighted by Crippen LogP contribution is 2.30. The minimum Gasteiger partial charge on any atom is -0.493 e. The number of aromatic nitrogens is 5. The molecule has 0 spiro atoms. The van der Waals surface area contributed by atoms with Crippen molar-refractivity contribution in [2.24, 2.45) is 0 Å². The van der Waals surface area contributed by atoms with Gasteiger partial charge in [0.05, 0.1) is 26.5 Å². The van der Waals surface area contributed by atoms with Crippen molar-refractivity contribution in [2.75, 3.05) is 25.3 Å². The summed E-state index contributed by atoms with van der Waals surface area (Å²) in [5, 5.41) is 11.7. The van der Waals surface area contributed by atoms with Crippen LogP contribution in [-0.2, 0) is 11.3 Å². The Morgan fingerprint density at radius 2 is 1.88 bits per heavy atom. The topological polar surface area (TPSA) is 104 Å². The maximum Gasteiger partial charge on any atom is 0.234 e. The Kier molecular flexibility index (Phi) is 6.45. The lowest BCUT2D eigenvalue weighted by atomic mass is 10.2. The Bertz CT molecular complexity index is 1250. The molecule has 0 aliphatic rings. The number of benzene rings is 2. The van der Waals surface area contributed by atoms with Gasteiger partial charge in [0, 0.05) is 11.8 Å². The summed E-state index contributed by atoms with van der Waals surface area (Å²) in [6.45, 7) is 0.387. The molecular formula is C21H19FN6O3S. The molecule has 1 amide bonds. The Labute approximate surface area is 187 Å². The maximum absolute atomic E-state index is 13.1. The molecule has 32 heavy (non-hydrogen) atoms. The van der Waals surface area contributed by atoms with E-state index < -0.39 is 0 Å². The highest BCUT2D eigenvalue weighted by Gasteiger charge is 2.15. The van der Waals surface area contributed by atoms with Crippen molar-refractivity contribution in [1.82, 2.24) is 25.0 Å². The summed E-state index contributed by atoms with van der Waals surface area (Å²) in [6, 6.07) is 11.3. The molecule has 11 heteroatoms. The van der Waals surface area contributed by atoms with Crippen molar-refractivity contribution in [2.45, 2.75) is 11.6 Å². The van der Waals surface area contributed by atoms with Gasteiger partial charge in [0.2, 0.25) is 5.91 Å². The predicted octanol–water partition coefficient (Wildman–Crippen LogP) is 3.16. The molecule has 0 radical (unpaired) electrons. The third kappa shape index (κ3) is 4.78. The number of carbonyl (C=O) groups excluding carboxylic acids is 1. The number of anilines is 1. The zero-order chi connectivity index (χ0) is 22.5. The van der Waals surface area contributed by atoms with Gasteiger partial charge in [-0.15, -0.1) is 5.10 Å². The average molecular weight is 454 g/mol. The molecule has 0 aliphatic heterocycles. The van der Waals surface area contributed by atoms with Gasteiger partial charge in [0.25, 0.3) is 0 Å². The molecule has 0 fully saturated rings. The molecular weight excluding hydrogens is 435 g/mol. The summed E-state index contributed by atoms with van der Waals surface area (Å²) in [5.41, 5.74) is 2.48. The first-order valence-electron chi connectivity index (χ1n) is 9.50. The number of nitrogens with zero attached hydrogens (tertiary/aromatic N) is 5. The van der Waals surface area contributed by atoms with Gasteiger partial charge in [0.15, 0.2) is 22.7 Å². The van der Waals surface area contributed by atoms with Gasteiger partial charge in [-0.2, -0.15) is 0 Å². The number of ether oxygens (including phenoxy) is 2. The van der Waals surface area contributed by atoms with Crippen LogP contribution >= 0.6 is 11.8 Å². The van der Waals surface area contributed by atoms with Gasteiger partial charge in [-0.25, -0.2) is 19.0 Å². The Morgan fingerprint density at radius 1 is 1.09 bits per heavy atom. The van der Waals surface area contributed by atoms with Crippen LogP contribution in [0.15, 0.2) is 53.8 Å². The van der Waals surface area contributed by atoms with E-state index in [1.165, 1.54) is 37.3 Å². The van der Waals surface area contributed by atoms with Crippen LogP contribution in [0.2, 0.25) is 0 Å². The molecule has 4 aromatic rings. The van der Waals surface area contributed by atoms with E-state index in [1.54, 1.807) is 42.1 Å². The molecule has 2 aromatic heterocycles. The van der Waals surface area contributed by atoms with E-state index in [-0.39, 0.29) is 17.5 Å². The van der Waals surface area contributed by atoms with Crippen LogP contribution in [0.25, 0.3) is 11.2 Å². The lowest BCUT2D eigenvalue weighted by Crippen LogP contribution is -2.14. The smallest absolute Gasteiger partial charge is 0.234 e. The minimum absolute atomic E-state index is 0.116. The number of thioether (sulfide) groups is 1. The molecule has 1 N–H and O–H groups in total. The van der Waals surface area contributed by atoms with E-state index in [4.69, 9.17) is 9.47 Å². The second-order valence-corrected chi connectivity index (χ2v) is 7.60. The summed E-state index contributed by atoms with van der Waals surface area (Å²) >= 11 is 1.23. The number of fused-ring (bicyclic) bond motifs is 1. The van der Waals surface area contributed by atoms with Crippen molar-refractivity contribution in [1.29, 1.82) is 0 Å². The van der Waals surface area contributed by atoms with E-state index in [0.717, 1.165) is 5.56 Å². The van der Waals surface area contributed by atoms with Crippen molar-refractivity contribution in [3.63, 3.8) is 0 Å². The van der Waals surface area contributed by atoms with Crippen LogP contribution < -0.4 is 14.8 Å². The number of halogens is 1. The Morgan fingerprint density at radius 3 is 2.62 bits per heavy atom. The maximum atomic E-state index is 13.1. The van der Waals surface area contributed by atoms with Crippen LogP contribution in [-0.4, -0.2) is 50.8 Å². The van der Waals surface area contributed by atoms with E-state index >= 15 is 0 Å². The fourth-order valence-electron chi connectivity index (χ4n) is 2.99. The van der Waals surface area contributed by atoms with Gasteiger partial charge >= 0.3 is 0 Å². The molecule has 2 heterocycles. The number of hydrogen-bond donors (Lipinski definition) is 1. The van der Waals surface area contributed by atoms with Gasteiger partial charge < -0.3 is 14.8 Å². The summed E-state index contributed by atoms with van der Waals surface area (Å²) in [5.74, 6) is 0.697. The number of hydrogen-bond acceptors (Lipinski definition) is 8. The third-order valence-electron chi connectivity index (χ3n) is 4.52. The van der Waals surface area contributed by atoms with Gasteiger partial charge in [0.1, 0.15) is 17.2 Å². The third-order valence-corrected chi connectivity index (χ3v) is 5.50. The number of methoxy groups -OCH3 is 2. The van der Waals surface area contributed by atoms with Gasteiger partial charge in [-0.1, -0.05) is 29.1 Å². The molecule has 0 atom stereocenters. The summed E-state index contributed by atoms with van der Waals surface area (Å²) < 4.78 is 25.2. The molecule has 0 unspecified atom stereocenters. The zero-order valence-electron chi connectivity index (χ0n) is 17.3. The molecule has 0 saturated carbocycles. The predicted molar refractivity (Wildman–Crippen MR) is 118 cm³/mol. The van der Waals surface area contributed by atoms with Gasteiger partial charge in [-0.05, 0) is 29.8 Å². The van der Waals surface area contributed by atoms with E-state index in [2.05, 4.69) is 25.6 Å². The Hall–Kier alpha value is -3.73. The fourth-order valence-corrected chi connectivity index (χ4v) is 3.72. The van der Waals surface area contributed by atoms with E-state index in [0.29, 0.717) is 39.9 Å². The lowest BCUT2D eigenvalue weighted by Gasteiger charge is -2.10. The SMILES string of the molecule is COc1ccc(NC(=O)CSc2ncnc3c2nnn3Cc2ccc(F)cc2)cc1OC. The van der Waals surface area contributed by atoms with Gasteiger partial charge in [-0.3, -0.25) is 4.79 Å². The second kappa shape index (κ2) is 9.60. The molecule has 164 valence electrons. The standard InChI is InChI=1S/C21H19FN6O3S/c1-30-16-8-7-15(9-17(16)31-2)25-18(29)11-32-21-19-20(23-12-24-21)28(27-26-19)10-13-3-5-14(22)6-4-13/h3-9,12H,10-11H2,1-2H3,(H,25,29). The second-order valence-electron chi connectivity index (χ2n) is 6.63. The first-order chi connectivity index (χ1) is 15.6. The molecule has 4 rings (SSSR count). The van der Waals surface area contributed by atoms with Crippen molar-refractivity contribution >= 4 is 34.5 Å². The number of amides is 1. The molecule has 0 saturated heterocycles. The summed E-state index contributed by atoms with van der Waals surface area (Å²) in [7, 11) is 3.08. The average Bonchev–Trinajstić information content (AvgIpc) is 3.22. The Balaban J connectivity index is 1.44. The first kappa shape index (κ1) is 21.5. The molecule has 2 aromatic carbocycles. The highest BCUT2D eigenvalue weighted by molar-refractivity contribution is 8.00. The van der Waals surface area contributed by atoms with Crippen molar-refractivity contribution in [3.8, 4) is 11.5 Å². The number of carbonyl (C=O) groups is 1. The van der Waals surface area contributed by atoms with Crippen LogP contribution in [0.5, 0.6) is 11.5 Å². The first-order valence-corrected chi connectivity index (χ1v) is 10.5. The quantitative estimate of drug-likeness (QED) is 0.320. The van der Waals surface area contributed by atoms with Crippen LogP contribution in [0, 0.1) is 5.82 Å². The van der Waals surface area contributed by atoms with Crippen molar-refractivity contribution in [3.05, 3.63) is 60.2 Å². The fraction of sp³-hybridized carbons (Fsp3) is 0.190.